The number of H-pyrrole nitrogens is 1. The van der Waals surface area contributed by atoms with E-state index in [0.717, 1.165) is 11.3 Å². The molecule has 1 heterocycles. The Morgan fingerprint density at radius 1 is 1.33 bits per heavy atom. The lowest BCUT2D eigenvalue weighted by molar-refractivity contribution is 1.11. The molecule has 5 heteroatoms. The Balaban J connectivity index is 2.24. The van der Waals surface area contributed by atoms with Crippen LogP contribution in [0.4, 0.5) is 5.95 Å². The number of aromatic nitrogens is 2. The van der Waals surface area contributed by atoms with E-state index in [0.29, 0.717) is 22.4 Å². The van der Waals surface area contributed by atoms with E-state index < -0.39 is 0 Å². The van der Waals surface area contributed by atoms with Crippen molar-refractivity contribution in [3.05, 3.63) is 45.7 Å². The van der Waals surface area contributed by atoms with Crippen LogP contribution in [0.3, 0.4) is 0 Å². The van der Waals surface area contributed by atoms with Gasteiger partial charge in [0, 0.05) is 22.2 Å². The molecular weight excluding hydrogens is 233 g/mol. The van der Waals surface area contributed by atoms with Gasteiger partial charge in [-0.3, -0.25) is 0 Å². The molecule has 1 aromatic heterocycles. The van der Waals surface area contributed by atoms with Crippen LogP contribution in [0.15, 0.2) is 24.4 Å². The van der Waals surface area contributed by atoms with E-state index in [-0.39, 0.29) is 0 Å². The molecule has 2 aromatic rings. The molecule has 0 fully saturated rings. The lowest BCUT2D eigenvalue weighted by atomic mass is 10.1. The molecule has 0 saturated heterocycles. The molecule has 0 unspecified atom stereocenters. The number of rotatable bonds is 2. The summed E-state index contributed by atoms with van der Waals surface area (Å²) in [5.41, 5.74) is 7.39. The van der Waals surface area contributed by atoms with Gasteiger partial charge in [0.1, 0.15) is 0 Å². The van der Waals surface area contributed by atoms with Crippen LogP contribution < -0.4 is 5.73 Å². The Morgan fingerprint density at radius 2 is 2.13 bits per heavy atom. The summed E-state index contributed by atoms with van der Waals surface area (Å²) in [6, 6.07) is 5.42. The summed E-state index contributed by atoms with van der Waals surface area (Å²) in [5.74, 6) is 0.412. The van der Waals surface area contributed by atoms with Crippen LogP contribution in [0, 0.1) is 0 Å². The molecule has 0 aliphatic carbocycles. The maximum atomic E-state index is 6.04. The highest BCUT2D eigenvalue weighted by Crippen LogP contribution is 2.22. The van der Waals surface area contributed by atoms with Gasteiger partial charge in [-0.05, 0) is 17.7 Å². The summed E-state index contributed by atoms with van der Waals surface area (Å²) < 4.78 is 0. The van der Waals surface area contributed by atoms with Gasteiger partial charge in [0.15, 0.2) is 5.95 Å². The van der Waals surface area contributed by atoms with Crippen molar-refractivity contribution in [3.8, 4) is 0 Å². The third kappa shape index (κ3) is 2.43. The number of nitrogens with one attached hydrogen (secondary N) is 1. The third-order valence-corrected chi connectivity index (χ3v) is 2.63. The summed E-state index contributed by atoms with van der Waals surface area (Å²) in [5, 5.41) is 1.28. The zero-order chi connectivity index (χ0) is 10.8. The van der Waals surface area contributed by atoms with Crippen LogP contribution in [0.2, 0.25) is 10.0 Å². The Morgan fingerprint density at radius 3 is 2.73 bits per heavy atom. The zero-order valence-corrected chi connectivity index (χ0v) is 9.31. The van der Waals surface area contributed by atoms with E-state index in [4.69, 9.17) is 28.9 Å². The molecule has 0 radical (unpaired) electrons. The monoisotopic (exact) mass is 241 g/mol. The second-order valence-corrected chi connectivity index (χ2v) is 4.05. The van der Waals surface area contributed by atoms with Crippen molar-refractivity contribution in [2.24, 2.45) is 0 Å². The number of benzene rings is 1. The molecule has 0 aliphatic rings. The fraction of sp³-hybridized carbons (Fsp3) is 0.100. The number of hydrogen-bond acceptors (Lipinski definition) is 2. The van der Waals surface area contributed by atoms with Gasteiger partial charge in [-0.2, -0.15) is 0 Å². The van der Waals surface area contributed by atoms with Gasteiger partial charge in [-0.25, -0.2) is 4.98 Å². The molecule has 2 rings (SSSR count). The van der Waals surface area contributed by atoms with Crippen LogP contribution in [0.5, 0.6) is 0 Å². The summed E-state index contributed by atoms with van der Waals surface area (Å²) >= 11 is 11.8. The molecule has 0 spiro atoms. The van der Waals surface area contributed by atoms with E-state index in [9.17, 15) is 0 Å². The van der Waals surface area contributed by atoms with Gasteiger partial charge >= 0.3 is 0 Å². The van der Waals surface area contributed by atoms with Crippen LogP contribution in [0.25, 0.3) is 0 Å². The van der Waals surface area contributed by atoms with Crippen molar-refractivity contribution >= 4 is 29.2 Å². The summed E-state index contributed by atoms with van der Waals surface area (Å²) in [4.78, 5) is 6.85. The van der Waals surface area contributed by atoms with E-state index in [2.05, 4.69) is 9.97 Å². The van der Waals surface area contributed by atoms with Gasteiger partial charge in [0.05, 0.1) is 6.20 Å². The number of hydrogen-bond donors (Lipinski definition) is 2. The number of nitrogen functional groups attached to an aromatic ring is 1. The lowest BCUT2D eigenvalue weighted by Crippen LogP contribution is -1.91. The van der Waals surface area contributed by atoms with Gasteiger partial charge in [0.25, 0.3) is 0 Å². The molecule has 78 valence electrons. The largest absolute Gasteiger partial charge is 0.369 e. The molecule has 0 aliphatic heterocycles. The van der Waals surface area contributed by atoms with Crippen molar-refractivity contribution in [1.29, 1.82) is 0 Å². The van der Waals surface area contributed by atoms with Crippen molar-refractivity contribution in [3.63, 3.8) is 0 Å². The van der Waals surface area contributed by atoms with Crippen molar-refractivity contribution in [1.82, 2.24) is 9.97 Å². The highest BCUT2D eigenvalue weighted by molar-refractivity contribution is 6.35. The van der Waals surface area contributed by atoms with Crippen LogP contribution >= 0.6 is 23.2 Å². The molecule has 0 bridgehead atoms. The van der Waals surface area contributed by atoms with E-state index in [1.54, 1.807) is 12.3 Å². The quantitative estimate of drug-likeness (QED) is 0.850. The summed E-state index contributed by atoms with van der Waals surface area (Å²) in [7, 11) is 0. The fourth-order valence-electron chi connectivity index (χ4n) is 1.34. The van der Waals surface area contributed by atoms with Crippen LogP contribution in [-0.2, 0) is 6.42 Å². The number of halogens is 2. The lowest BCUT2D eigenvalue weighted by Gasteiger charge is -2.02. The number of aromatic amines is 1. The van der Waals surface area contributed by atoms with Crippen molar-refractivity contribution < 1.29 is 0 Å². The van der Waals surface area contributed by atoms with E-state index in [1.165, 1.54) is 0 Å². The second-order valence-electron chi connectivity index (χ2n) is 3.21. The van der Waals surface area contributed by atoms with Crippen LogP contribution in [0.1, 0.15) is 11.3 Å². The SMILES string of the molecule is Nc1ncc(Cc2ccc(Cl)cc2Cl)[nH]1. The first-order valence-corrected chi connectivity index (χ1v) is 5.14. The van der Waals surface area contributed by atoms with E-state index >= 15 is 0 Å². The number of anilines is 1. The Bertz CT molecular complexity index is 479. The molecule has 0 atom stereocenters. The smallest absolute Gasteiger partial charge is 0.197 e. The number of nitrogens with two attached hydrogens (primary N) is 1. The molecular formula is C10H9Cl2N3. The number of nitrogens with zero attached hydrogens (tertiary/aromatic N) is 1. The van der Waals surface area contributed by atoms with Gasteiger partial charge in [-0.1, -0.05) is 29.3 Å². The summed E-state index contributed by atoms with van der Waals surface area (Å²) in [6.45, 7) is 0. The fourth-order valence-corrected chi connectivity index (χ4v) is 1.81. The average molecular weight is 242 g/mol. The normalized spacial score (nSPS) is 10.5. The third-order valence-electron chi connectivity index (χ3n) is 2.04. The molecule has 3 nitrogen and oxygen atoms in total. The zero-order valence-electron chi connectivity index (χ0n) is 7.80. The predicted molar refractivity (Wildman–Crippen MR) is 62.3 cm³/mol. The molecule has 0 saturated carbocycles. The van der Waals surface area contributed by atoms with Gasteiger partial charge in [0.2, 0.25) is 0 Å². The number of imidazole rings is 1. The molecule has 0 amide bonds. The Labute approximate surface area is 97.2 Å². The summed E-state index contributed by atoms with van der Waals surface area (Å²) in [6.07, 6.45) is 2.36. The van der Waals surface area contributed by atoms with Crippen molar-refractivity contribution in [2.75, 3.05) is 5.73 Å². The maximum absolute atomic E-state index is 6.04. The topological polar surface area (TPSA) is 54.7 Å². The first-order valence-electron chi connectivity index (χ1n) is 4.38. The second kappa shape index (κ2) is 4.13. The van der Waals surface area contributed by atoms with Gasteiger partial charge < -0.3 is 10.7 Å². The highest BCUT2D eigenvalue weighted by atomic mass is 35.5. The van der Waals surface area contributed by atoms with Gasteiger partial charge in [-0.15, -0.1) is 0 Å². The van der Waals surface area contributed by atoms with Crippen LogP contribution in [-0.4, -0.2) is 9.97 Å². The standard InChI is InChI=1S/C10H9Cl2N3/c11-7-2-1-6(9(12)4-7)3-8-5-14-10(13)15-8/h1-2,4-5H,3H2,(H3,13,14,15). The van der Waals surface area contributed by atoms with E-state index in [1.807, 2.05) is 12.1 Å². The minimum Gasteiger partial charge on any atom is -0.369 e. The predicted octanol–water partition coefficient (Wildman–Crippen LogP) is 2.89. The molecule has 3 N–H and O–H groups in total. The maximum Gasteiger partial charge on any atom is 0.197 e. The molecule has 1 aromatic carbocycles. The molecule has 15 heavy (non-hydrogen) atoms. The highest BCUT2D eigenvalue weighted by Gasteiger charge is 2.04. The minimum absolute atomic E-state index is 0.412. The average Bonchev–Trinajstić information content (AvgIpc) is 2.56. The minimum atomic E-state index is 0.412. The first kappa shape index (κ1) is 10.3. The Hall–Kier alpha value is -1.19. The van der Waals surface area contributed by atoms with Crippen molar-refractivity contribution in [2.45, 2.75) is 6.42 Å². The Kier molecular flexibility index (Phi) is 2.84. The first-order chi connectivity index (χ1) is 7.15.